The molecule has 1 N–H and O–H groups in total. The molecule has 4 bridgehead atoms. The minimum Gasteiger partial charge on any atom is -0.390 e. The number of rotatable bonds is 2. The van der Waals surface area contributed by atoms with E-state index in [1.807, 2.05) is 0 Å². The van der Waals surface area contributed by atoms with Crippen molar-refractivity contribution in [1.82, 2.24) is 0 Å². The van der Waals surface area contributed by atoms with E-state index in [0.717, 1.165) is 31.5 Å². The highest BCUT2D eigenvalue weighted by Gasteiger charge is 2.70. The molecule has 5 aliphatic rings. The van der Waals surface area contributed by atoms with E-state index in [0.29, 0.717) is 16.7 Å². The van der Waals surface area contributed by atoms with Crippen molar-refractivity contribution >= 4 is 0 Å². The predicted molar refractivity (Wildman–Crippen MR) is 97.0 cm³/mol. The summed E-state index contributed by atoms with van der Waals surface area (Å²) in [6.45, 7) is 8.32. The summed E-state index contributed by atoms with van der Waals surface area (Å²) < 4.78 is 12.6. The Hall–Kier alpha value is -0.120. The van der Waals surface area contributed by atoms with Crippen LogP contribution in [0.25, 0.3) is 0 Å². The summed E-state index contributed by atoms with van der Waals surface area (Å²) >= 11 is 0. The van der Waals surface area contributed by atoms with Gasteiger partial charge in [-0.15, -0.1) is 0 Å². The minimum absolute atomic E-state index is 0.00648. The van der Waals surface area contributed by atoms with Crippen LogP contribution >= 0.6 is 0 Å². The lowest BCUT2D eigenvalue weighted by molar-refractivity contribution is -0.328. The van der Waals surface area contributed by atoms with Crippen LogP contribution in [0.1, 0.15) is 78.6 Å². The van der Waals surface area contributed by atoms with Crippen LogP contribution < -0.4 is 0 Å². The summed E-state index contributed by atoms with van der Waals surface area (Å²) in [6, 6.07) is 0. The number of fused-ring (bicyclic) bond motifs is 1. The first-order valence-electron chi connectivity index (χ1n) is 10.8. The van der Waals surface area contributed by atoms with Gasteiger partial charge in [0.25, 0.3) is 0 Å². The SMILES string of the molecule is CCO[C@H]1OC[C@@]23CCC[C@]1(C)[C@H]2CC[C@@]12C[C@@H](CC[C@H]13)[C@](C)(O)C2. The topological polar surface area (TPSA) is 38.7 Å². The summed E-state index contributed by atoms with van der Waals surface area (Å²) in [5.41, 5.74) is 0.499. The third kappa shape index (κ3) is 2.04. The maximum atomic E-state index is 11.0. The molecule has 1 heterocycles. The molecular weight excluding hydrogens is 312 g/mol. The van der Waals surface area contributed by atoms with Gasteiger partial charge in [-0.3, -0.25) is 0 Å². The summed E-state index contributed by atoms with van der Waals surface area (Å²) in [5, 5.41) is 11.0. The van der Waals surface area contributed by atoms with E-state index in [1.165, 1.54) is 51.4 Å². The van der Waals surface area contributed by atoms with Gasteiger partial charge in [0.1, 0.15) is 0 Å². The molecule has 0 unspecified atom stereocenters. The molecule has 4 aliphatic carbocycles. The molecular formula is C22H36O3. The molecule has 0 aromatic rings. The van der Waals surface area contributed by atoms with Crippen LogP contribution in [-0.4, -0.2) is 30.2 Å². The van der Waals surface area contributed by atoms with Crippen LogP contribution in [0.3, 0.4) is 0 Å². The normalized spacial score (nSPS) is 60.0. The third-order valence-corrected chi connectivity index (χ3v) is 9.62. The Morgan fingerprint density at radius 3 is 2.72 bits per heavy atom. The van der Waals surface area contributed by atoms with Crippen LogP contribution in [0.5, 0.6) is 0 Å². The molecule has 25 heavy (non-hydrogen) atoms. The Morgan fingerprint density at radius 2 is 1.92 bits per heavy atom. The zero-order valence-corrected chi connectivity index (χ0v) is 16.4. The first kappa shape index (κ1) is 17.0. The van der Waals surface area contributed by atoms with E-state index in [-0.39, 0.29) is 11.7 Å². The number of ether oxygens (including phenoxy) is 2. The van der Waals surface area contributed by atoms with Gasteiger partial charge in [-0.1, -0.05) is 13.3 Å². The van der Waals surface area contributed by atoms with Crippen molar-refractivity contribution in [2.45, 2.75) is 90.4 Å². The van der Waals surface area contributed by atoms with Crippen LogP contribution in [0.2, 0.25) is 0 Å². The highest BCUT2D eigenvalue weighted by atomic mass is 16.7. The van der Waals surface area contributed by atoms with Crippen molar-refractivity contribution in [2.24, 2.45) is 34.0 Å². The lowest BCUT2D eigenvalue weighted by atomic mass is 9.39. The highest BCUT2D eigenvalue weighted by molar-refractivity contribution is 5.18. The second kappa shape index (κ2) is 5.23. The summed E-state index contributed by atoms with van der Waals surface area (Å²) in [7, 11) is 0. The van der Waals surface area contributed by atoms with Crippen molar-refractivity contribution in [1.29, 1.82) is 0 Å². The van der Waals surface area contributed by atoms with Crippen molar-refractivity contribution in [3.8, 4) is 0 Å². The summed E-state index contributed by atoms with van der Waals surface area (Å²) in [5.74, 6) is 2.04. The molecule has 1 aliphatic heterocycles. The summed E-state index contributed by atoms with van der Waals surface area (Å²) in [6.07, 6.45) is 11.4. The smallest absolute Gasteiger partial charge is 0.163 e. The molecule has 5 fully saturated rings. The third-order valence-electron chi connectivity index (χ3n) is 9.62. The molecule has 0 aromatic carbocycles. The first-order chi connectivity index (χ1) is 11.9. The van der Waals surface area contributed by atoms with E-state index in [4.69, 9.17) is 9.47 Å². The second-order valence-electron chi connectivity index (χ2n) is 10.7. The number of aliphatic hydroxyl groups is 1. The molecule has 0 amide bonds. The molecule has 4 saturated carbocycles. The Balaban J connectivity index is 1.54. The lowest BCUT2D eigenvalue weighted by Crippen LogP contribution is -2.66. The van der Waals surface area contributed by atoms with Crippen LogP contribution in [0, 0.1) is 34.0 Å². The Labute approximate surface area is 152 Å². The van der Waals surface area contributed by atoms with Crippen molar-refractivity contribution in [2.75, 3.05) is 13.2 Å². The first-order valence-corrected chi connectivity index (χ1v) is 10.8. The maximum Gasteiger partial charge on any atom is 0.163 e. The molecule has 142 valence electrons. The Kier molecular flexibility index (Phi) is 3.56. The van der Waals surface area contributed by atoms with Crippen molar-refractivity contribution < 1.29 is 14.6 Å². The fraction of sp³-hybridized carbons (Fsp3) is 1.00. The molecule has 1 spiro atoms. The number of hydrogen-bond donors (Lipinski definition) is 1. The van der Waals surface area contributed by atoms with Gasteiger partial charge in [0, 0.05) is 17.4 Å². The molecule has 3 heteroatoms. The van der Waals surface area contributed by atoms with Gasteiger partial charge in [0.05, 0.1) is 12.2 Å². The molecule has 8 atom stereocenters. The maximum absolute atomic E-state index is 11.0. The molecule has 3 nitrogen and oxygen atoms in total. The van der Waals surface area contributed by atoms with Crippen LogP contribution in [0.15, 0.2) is 0 Å². The van der Waals surface area contributed by atoms with Crippen LogP contribution in [0.4, 0.5) is 0 Å². The van der Waals surface area contributed by atoms with Crippen molar-refractivity contribution in [3.63, 3.8) is 0 Å². The quantitative estimate of drug-likeness (QED) is 0.797. The number of hydrogen-bond acceptors (Lipinski definition) is 3. The lowest BCUT2D eigenvalue weighted by Gasteiger charge is -2.68. The summed E-state index contributed by atoms with van der Waals surface area (Å²) in [4.78, 5) is 0. The van der Waals surface area contributed by atoms with Gasteiger partial charge in [-0.25, -0.2) is 0 Å². The predicted octanol–water partition coefficient (Wildman–Crippen LogP) is 4.52. The molecule has 0 radical (unpaired) electrons. The highest BCUT2D eigenvalue weighted by Crippen LogP contribution is 2.74. The van der Waals surface area contributed by atoms with Gasteiger partial charge in [0.2, 0.25) is 0 Å². The molecule has 5 rings (SSSR count). The Morgan fingerprint density at radius 1 is 1.08 bits per heavy atom. The second-order valence-corrected chi connectivity index (χ2v) is 10.7. The van der Waals surface area contributed by atoms with E-state index in [2.05, 4.69) is 20.8 Å². The van der Waals surface area contributed by atoms with Gasteiger partial charge < -0.3 is 14.6 Å². The van der Waals surface area contributed by atoms with Gasteiger partial charge in [0.15, 0.2) is 6.29 Å². The fourth-order valence-electron chi connectivity index (χ4n) is 8.89. The zero-order chi connectivity index (χ0) is 17.5. The molecule has 1 saturated heterocycles. The van der Waals surface area contributed by atoms with Crippen LogP contribution in [-0.2, 0) is 9.47 Å². The monoisotopic (exact) mass is 348 g/mol. The van der Waals surface area contributed by atoms with E-state index in [9.17, 15) is 5.11 Å². The fourth-order valence-corrected chi connectivity index (χ4v) is 8.89. The van der Waals surface area contributed by atoms with Crippen molar-refractivity contribution in [3.05, 3.63) is 0 Å². The van der Waals surface area contributed by atoms with E-state index < -0.39 is 5.60 Å². The minimum atomic E-state index is -0.431. The Bertz CT molecular complexity index is 559. The largest absolute Gasteiger partial charge is 0.390 e. The zero-order valence-electron chi connectivity index (χ0n) is 16.4. The standard InChI is InChI=1S/C22H36O3/c1-4-24-18-19(2)9-5-10-22(14-25-18)16(19)8-11-21-12-15(6-7-17(21)22)20(3,23)13-21/h15-18,23H,4-14H2,1-3H3/t15-,16-,17-,18+,19-,20-,21+,22+/m1/s1. The van der Waals surface area contributed by atoms with E-state index in [1.54, 1.807) is 0 Å². The average molecular weight is 349 g/mol. The van der Waals surface area contributed by atoms with Gasteiger partial charge in [-0.05, 0) is 88.4 Å². The molecule has 0 aromatic heterocycles. The van der Waals surface area contributed by atoms with E-state index >= 15 is 0 Å². The van der Waals surface area contributed by atoms with Gasteiger partial charge in [-0.2, -0.15) is 0 Å². The van der Waals surface area contributed by atoms with Gasteiger partial charge >= 0.3 is 0 Å². The average Bonchev–Trinajstić information content (AvgIpc) is 2.74.